The lowest BCUT2D eigenvalue weighted by Gasteiger charge is -2.29. The van der Waals surface area contributed by atoms with E-state index in [1.165, 1.54) is 0 Å². The van der Waals surface area contributed by atoms with Crippen LogP contribution in [0.1, 0.15) is 36.8 Å². The highest BCUT2D eigenvalue weighted by Gasteiger charge is 2.31. The molecule has 1 saturated heterocycles. The van der Waals surface area contributed by atoms with Gasteiger partial charge in [0.15, 0.2) is 0 Å². The van der Waals surface area contributed by atoms with Crippen molar-refractivity contribution >= 4 is 11.8 Å². The van der Waals surface area contributed by atoms with Gasteiger partial charge in [-0.3, -0.25) is 14.6 Å². The lowest BCUT2D eigenvalue weighted by atomic mass is 10.1. The Morgan fingerprint density at radius 3 is 2.68 bits per heavy atom. The van der Waals surface area contributed by atoms with Crippen LogP contribution in [0.15, 0.2) is 54.9 Å². The number of rotatable bonds is 5. The molecule has 1 N–H and O–H groups in total. The van der Waals surface area contributed by atoms with Crippen LogP contribution in [0.3, 0.4) is 0 Å². The highest BCUT2D eigenvalue weighted by molar-refractivity contribution is 5.88. The number of aromatic nitrogens is 1. The van der Waals surface area contributed by atoms with Gasteiger partial charge in [-0.1, -0.05) is 42.8 Å². The lowest BCUT2D eigenvalue weighted by Crippen LogP contribution is -2.48. The zero-order chi connectivity index (χ0) is 17.5. The molecule has 25 heavy (non-hydrogen) atoms. The SMILES string of the molecule is O=C(NCc1cccnc1)C1CCCCC(=O)N1Cc1ccccc1. The number of nitrogens with one attached hydrogen (secondary N) is 1. The maximum atomic E-state index is 12.7. The Kier molecular flexibility index (Phi) is 5.77. The second-order valence-corrected chi connectivity index (χ2v) is 6.35. The predicted molar refractivity (Wildman–Crippen MR) is 95.3 cm³/mol. The van der Waals surface area contributed by atoms with Crippen molar-refractivity contribution in [2.45, 2.75) is 44.8 Å². The Labute approximate surface area is 148 Å². The van der Waals surface area contributed by atoms with Gasteiger partial charge >= 0.3 is 0 Å². The van der Waals surface area contributed by atoms with E-state index >= 15 is 0 Å². The first-order chi connectivity index (χ1) is 12.2. The minimum absolute atomic E-state index is 0.0582. The Balaban J connectivity index is 1.70. The summed E-state index contributed by atoms with van der Waals surface area (Å²) in [6.45, 7) is 0.904. The Morgan fingerprint density at radius 2 is 1.92 bits per heavy atom. The predicted octanol–water partition coefficient (Wildman–Crippen LogP) is 2.67. The summed E-state index contributed by atoms with van der Waals surface area (Å²) in [4.78, 5) is 31.1. The Hall–Kier alpha value is -2.69. The van der Waals surface area contributed by atoms with Crippen molar-refractivity contribution in [3.05, 3.63) is 66.0 Å². The molecule has 2 aromatic rings. The average Bonchev–Trinajstić information content (AvgIpc) is 2.83. The molecule has 2 heterocycles. The van der Waals surface area contributed by atoms with Crippen LogP contribution in [0.4, 0.5) is 0 Å². The zero-order valence-corrected chi connectivity index (χ0v) is 14.2. The minimum atomic E-state index is -0.410. The van der Waals surface area contributed by atoms with Gasteiger partial charge < -0.3 is 10.2 Å². The van der Waals surface area contributed by atoms with Gasteiger partial charge in [0.1, 0.15) is 6.04 Å². The van der Waals surface area contributed by atoms with Crippen molar-refractivity contribution in [3.63, 3.8) is 0 Å². The van der Waals surface area contributed by atoms with Crippen molar-refractivity contribution < 1.29 is 9.59 Å². The number of amides is 2. The minimum Gasteiger partial charge on any atom is -0.350 e. The van der Waals surface area contributed by atoms with Crippen molar-refractivity contribution in [1.29, 1.82) is 0 Å². The molecule has 1 aliphatic rings. The quantitative estimate of drug-likeness (QED) is 0.912. The van der Waals surface area contributed by atoms with E-state index in [9.17, 15) is 9.59 Å². The van der Waals surface area contributed by atoms with E-state index in [4.69, 9.17) is 0 Å². The van der Waals surface area contributed by atoms with Crippen LogP contribution in [0.5, 0.6) is 0 Å². The van der Waals surface area contributed by atoms with E-state index in [1.54, 1.807) is 17.3 Å². The summed E-state index contributed by atoms with van der Waals surface area (Å²) < 4.78 is 0. The van der Waals surface area contributed by atoms with Gasteiger partial charge in [0.05, 0.1) is 0 Å². The van der Waals surface area contributed by atoms with Gasteiger partial charge in [-0.15, -0.1) is 0 Å². The highest BCUT2D eigenvalue weighted by atomic mass is 16.2. The van der Waals surface area contributed by atoms with Gasteiger partial charge in [-0.2, -0.15) is 0 Å². The molecule has 1 aliphatic heterocycles. The molecule has 130 valence electrons. The lowest BCUT2D eigenvalue weighted by molar-refractivity contribution is -0.140. The first-order valence-electron chi connectivity index (χ1n) is 8.74. The summed E-state index contributed by atoms with van der Waals surface area (Å²) in [5.74, 6) is -0.0297. The molecule has 5 heteroatoms. The smallest absolute Gasteiger partial charge is 0.243 e. The molecule has 0 aliphatic carbocycles. The van der Waals surface area contributed by atoms with Gasteiger partial charge in [-0.05, 0) is 30.0 Å². The molecule has 1 atom stereocenters. The number of hydrogen-bond acceptors (Lipinski definition) is 3. The third kappa shape index (κ3) is 4.66. The topological polar surface area (TPSA) is 62.3 Å². The van der Waals surface area contributed by atoms with Crippen molar-refractivity contribution in [1.82, 2.24) is 15.2 Å². The third-order valence-electron chi connectivity index (χ3n) is 4.50. The molecular weight excluding hydrogens is 314 g/mol. The third-order valence-corrected chi connectivity index (χ3v) is 4.50. The number of nitrogens with zero attached hydrogens (tertiary/aromatic N) is 2. The number of carbonyl (C=O) groups is 2. The fourth-order valence-electron chi connectivity index (χ4n) is 3.15. The molecule has 1 aromatic heterocycles. The van der Waals surface area contributed by atoms with Crippen LogP contribution in [0.25, 0.3) is 0 Å². The maximum absolute atomic E-state index is 12.7. The number of hydrogen-bond donors (Lipinski definition) is 1. The second-order valence-electron chi connectivity index (χ2n) is 6.35. The fourth-order valence-corrected chi connectivity index (χ4v) is 3.15. The van der Waals surface area contributed by atoms with Gasteiger partial charge in [0.25, 0.3) is 0 Å². The zero-order valence-electron chi connectivity index (χ0n) is 14.2. The summed E-state index contributed by atoms with van der Waals surface area (Å²) in [6.07, 6.45) is 6.40. The molecular formula is C20H23N3O2. The highest BCUT2D eigenvalue weighted by Crippen LogP contribution is 2.21. The first kappa shape index (κ1) is 17.1. The van der Waals surface area contributed by atoms with Crippen LogP contribution < -0.4 is 5.32 Å². The molecule has 5 nitrogen and oxygen atoms in total. The molecule has 0 spiro atoms. The van der Waals surface area contributed by atoms with Gasteiger partial charge in [0.2, 0.25) is 11.8 Å². The van der Waals surface area contributed by atoms with Crippen LogP contribution in [0, 0.1) is 0 Å². The average molecular weight is 337 g/mol. The normalized spacial score (nSPS) is 17.8. The summed E-state index contributed by atoms with van der Waals surface area (Å²) in [7, 11) is 0. The van der Waals surface area contributed by atoms with Crippen LogP contribution in [0.2, 0.25) is 0 Å². The van der Waals surface area contributed by atoms with Crippen LogP contribution in [-0.4, -0.2) is 27.7 Å². The molecule has 3 rings (SSSR count). The first-order valence-corrected chi connectivity index (χ1v) is 8.74. The maximum Gasteiger partial charge on any atom is 0.243 e. The van der Waals surface area contributed by atoms with Crippen molar-refractivity contribution in [2.75, 3.05) is 0 Å². The number of likely N-dealkylation sites (tertiary alicyclic amines) is 1. The summed E-state index contributed by atoms with van der Waals surface area (Å²) >= 11 is 0. The Morgan fingerprint density at radius 1 is 1.12 bits per heavy atom. The van der Waals surface area contributed by atoms with Gasteiger partial charge in [0, 0.05) is 31.9 Å². The van der Waals surface area contributed by atoms with E-state index in [0.29, 0.717) is 25.9 Å². The molecule has 1 unspecified atom stereocenters. The number of benzene rings is 1. The molecule has 2 amide bonds. The standard InChI is InChI=1S/C20H23N3O2/c24-19-11-5-4-10-18(23(19)15-16-7-2-1-3-8-16)20(25)22-14-17-9-6-12-21-13-17/h1-3,6-9,12-13,18H,4-5,10-11,14-15H2,(H,22,25). The monoisotopic (exact) mass is 337 g/mol. The summed E-state index contributed by atoms with van der Waals surface area (Å²) in [6, 6.07) is 13.2. The molecule has 1 aromatic carbocycles. The molecule has 0 radical (unpaired) electrons. The van der Waals surface area contributed by atoms with Crippen molar-refractivity contribution in [2.24, 2.45) is 0 Å². The van der Waals surface area contributed by atoms with E-state index < -0.39 is 6.04 Å². The largest absolute Gasteiger partial charge is 0.350 e. The molecule has 0 saturated carbocycles. The number of carbonyl (C=O) groups excluding carboxylic acids is 2. The summed E-state index contributed by atoms with van der Waals surface area (Å²) in [5.41, 5.74) is 1.99. The van der Waals surface area contributed by atoms with Crippen LogP contribution >= 0.6 is 0 Å². The van der Waals surface area contributed by atoms with Crippen LogP contribution in [-0.2, 0) is 22.7 Å². The molecule has 0 bridgehead atoms. The van der Waals surface area contributed by atoms with E-state index in [2.05, 4.69) is 10.3 Å². The summed E-state index contributed by atoms with van der Waals surface area (Å²) in [5, 5.41) is 2.96. The Bertz CT molecular complexity index is 703. The fraction of sp³-hybridized carbons (Fsp3) is 0.350. The van der Waals surface area contributed by atoms with E-state index in [-0.39, 0.29) is 11.8 Å². The molecule has 1 fully saturated rings. The van der Waals surface area contributed by atoms with Gasteiger partial charge in [-0.25, -0.2) is 0 Å². The van der Waals surface area contributed by atoms with E-state index in [1.807, 2.05) is 42.5 Å². The number of pyridine rings is 1. The van der Waals surface area contributed by atoms with Crippen molar-refractivity contribution in [3.8, 4) is 0 Å². The van der Waals surface area contributed by atoms with E-state index in [0.717, 1.165) is 24.0 Å². The second kappa shape index (κ2) is 8.42.